The summed E-state index contributed by atoms with van der Waals surface area (Å²) in [5.41, 5.74) is 5.91. The van der Waals surface area contributed by atoms with Crippen molar-refractivity contribution >= 4 is 23.1 Å². The minimum Gasteiger partial charge on any atom is -0.324 e. The zero-order valence-corrected chi connectivity index (χ0v) is 16.6. The maximum atomic E-state index is 8.39. The summed E-state index contributed by atoms with van der Waals surface area (Å²) in [5.74, 6) is 0.442. The molecular formula is C21H28N6. The highest BCUT2D eigenvalue weighted by atomic mass is 15.1. The summed E-state index contributed by atoms with van der Waals surface area (Å²) >= 11 is 0. The lowest BCUT2D eigenvalue weighted by Gasteiger charge is -2.25. The van der Waals surface area contributed by atoms with Gasteiger partial charge in [0.15, 0.2) is 0 Å². The zero-order chi connectivity index (χ0) is 19.4. The minimum atomic E-state index is -0.125. The van der Waals surface area contributed by atoms with Crippen molar-refractivity contribution in [3.05, 3.63) is 47.3 Å². The molecule has 0 radical (unpaired) electrons. The van der Waals surface area contributed by atoms with Crippen LogP contribution < -0.4 is 5.32 Å². The number of aryl methyl sites for hydroxylation is 1. The third kappa shape index (κ3) is 4.57. The average Bonchev–Trinajstić information content (AvgIpc) is 2.63. The number of rotatable bonds is 6. The molecule has 1 aromatic heterocycles. The highest BCUT2D eigenvalue weighted by molar-refractivity contribution is 6.11. The molecule has 142 valence electrons. The van der Waals surface area contributed by atoms with E-state index in [0.717, 1.165) is 48.6 Å². The summed E-state index contributed by atoms with van der Waals surface area (Å²) in [6, 6.07) is 8.31. The fourth-order valence-corrected chi connectivity index (χ4v) is 3.48. The Balaban J connectivity index is 1.84. The van der Waals surface area contributed by atoms with Crippen molar-refractivity contribution in [2.75, 3.05) is 26.0 Å². The monoisotopic (exact) mass is 364 g/mol. The highest BCUT2D eigenvalue weighted by Crippen LogP contribution is 2.30. The van der Waals surface area contributed by atoms with Crippen molar-refractivity contribution in [3.8, 4) is 0 Å². The van der Waals surface area contributed by atoms with Gasteiger partial charge in [0.25, 0.3) is 0 Å². The Morgan fingerprint density at radius 2 is 2.00 bits per heavy atom. The Morgan fingerprint density at radius 1 is 1.26 bits per heavy atom. The van der Waals surface area contributed by atoms with E-state index in [2.05, 4.69) is 46.4 Å². The van der Waals surface area contributed by atoms with Gasteiger partial charge in [-0.05, 0) is 64.0 Å². The number of nitrogens with one attached hydrogen (secondary N) is 2. The molecule has 0 fully saturated rings. The normalized spacial score (nSPS) is 17.1. The van der Waals surface area contributed by atoms with Crippen LogP contribution in [0.2, 0.25) is 0 Å². The first-order valence-electron chi connectivity index (χ1n) is 9.42. The fraction of sp³-hybridized carbons (Fsp3) is 0.429. The van der Waals surface area contributed by atoms with E-state index in [4.69, 9.17) is 10.4 Å². The molecule has 27 heavy (non-hydrogen) atoms. The van der Waals surface area contributed by atoms with E-state index in [1.54, 1.807) is 0 Å². The number of aliphatic imine (C=N–C) groups is 1. The molecule has 1 heterocycles. The molecule has 1 aliphatic rings. The lowest BCUT2D eigenvalue weighted by Crippen LogP contribution is -2.27. The van der Waals surface area contributed by atoms with E-state index in [1.807, 2.05) is 32.2 Å². The van der Waals surface area contributed by atoms with E-state index in [9.17, 15) is 0 Å². The number of hydrogen-bond donors (Lipinski definition) is 2. The second kappa shape index (κ2) is 8.39. The number of benzene rings is 1. The maximum absolute atomic E-state index is 8.39. The predicted octanol–water partition coefficient (Wildman–Crippen LogP) is 3.81. The van der Waals surface area contributed by atoms with Gasteiger partial charge in [-0.15, -0.1) is 0 Å². The fourth-order valence-electron chi connectivity index (χ4n) is 3.48. The van der Waals surface area contributed by atoms with Crippen molar-refractivity contribution in [2.24, 2.45) is 4.99 Å². The standard InChI is InChI=1S/C21H28N6/c1-5-23-14(2)19-18(22)11-8-16-12-24-21(26-20(16)19)25-17-9-6-15(7-10-17)13-27(3)4/h6-7,9-10,12,19,22H,5,8,11,13H2,1-4H3,(H,24,25,26). The summed E-state index contributed by atoms with van der Waals surface area (Å²) in [6.45, 7) is 5.65. The van der Waals surface area contributed by atoms with Crippen LogP contribution in [0.3, 0.4) is 0 Å². The summed E-state index contributed by atoms with van der Waals surface area (Å²) in [7, 11) is 4.12. The van der Waals surface area contributed by atoms with E-state index >= 15 is 0 Å². The van der Waals surface area contributed by atoms with Crippen molar-refractivity contribution < 1.29 is 0 Å². The minimum absolute atomic E-state index is 0.125. The molecule has 2 N–H and O–H groups in total. The van der Waals surface area contributed by atoms with Gasteiger partial charge >= 0.3 is 0 Å². The van der Waals surface area contributed by atoms with Gasteiger partial charge < -0.3 is 15.6 Å². The van der Waals surface area contributed by atoms with E-state index in [0.29, 0.717) is 11.7 Å². The number of aromatic nitrogens is 2. The molecule has 0 saturated heterocycles. The van der Waals surface area contributed by atoms with E-state index in [-0.39, 0.29) is 5.92 Å². The molecule has 6 nitrogen and oxygen atoms in total. The van der Waals surface area contributed by atoms with Crippen molar-refractivity contribution in [1.82, 2.24) is 14.9 Å². The second-order valence-electron chi connectivity index (χ2n) is 7.24. The SMILES string of the molecule is CCN=C(C)C1C(=N)CCc2cnc(Nc3ccc(CN(C)C)cc3)nc21. The lowest BCUT2D eigenvalue weighted by atomic mass is 9.83. The molecule has 1 atom stereocenters. The molecule has 1 aromatic carbocycles. The summed E-state index contributed by atoms with van der Waals surface area (Å²) < 4.78 is 0. The van der Waals surface area contributed by atoms with Gasteiger partial charge in [-0.2, -0.15) is 0 Å². The van der Waals surface area contributed by atoms with Crippen LogP contribution >= 0.6 is 0 Å². The second-order valence-corrected chi connectivity index (χ2v) is 7.24. The van der Waals surface area contributed by atoms with E-state index in [1.165, 1.54) is 5.56 Å². The van der Waals surface area contributed by atoms with Crippen molar-refractivity contribution in [3.63, 3.8) is 0 Å². The molecule has 1 unspecified atom stereocenters. The van der Waals surface area contributed by atoms with Crippen LogP contribution in [0.1, 0.15) is 43.0 Å². The van der Waals surface area contributed by atoms with Crippen molar-refractivity contribution in [1.29, 1.82) is 5.41 Å². The molecule has 0 aliphatic heterocycles. The Hall–Kier alpha value is -2.60. The van der Waals surface area contributed by atoms with Crippen LogP contribution in [-0.4, -0.2) is 46.9 Å². The summed E-state index contributed by atoms with van der Waals surface area (Å²) in [6.07, 6.45) is 3.46. The van der Waals surface area contributed by atoms with Gasteiger partial charge in [0.1, 0.15) is 0 Å². The Morgan fingerprint density at radius 3 is 2.67 bits per heavy atom. The number of nitrogens with zero attached hydrogens (tertiary/aromatic N) is 4. The van der Waals surface area contributed by atoms with E-state index < -0.39 is 0 Å². The van der Waals surface area contributed by atoms with Crippen LogP contribution in [0.5, 0.6) is 0 Å². The lowest BCUT2D eigenvalue weighted by molar-refractivity contribution is 0.402. The highest BCUT2D eigenvalue weighted by Gasteiger charge is 2.29. The summed E-state index contributed by atoms with van der Waals surface area (Å²) in [4.78, 5) is 15.9. The van der Waals surface area contributed by atoms with Gasteiger partial charge in [-0.25, -0.2) is 9.97 Å². The molecule has 2 aromatic rings. The molecule has 0 saturated carbocycles. The smallest absolute Gasteiger partial charge is 0.227 e. The Labute approximate surface area is 161 Å². The number of anilines is 2. The Kier molecular flexibility index (Phi) is 5.96. The largest absolute Gasteiger partial charge is 0.324 e. The van der Waals surface area contributed by atoms with Crippen LogP contribution in [0.25, 0.3) is 0 Å². The summed E-state index contributed by atoms with van der Waals surface area (Å²) in [5, 5.41) is 11.7. The molecule has 1 aliphatic carbocycles. The van der Waals surface area contributed by atoms with Gasteiger partial charge in [0, 0.05) is 36.4 Å². The molecular weight excluding hydrogens is 336 g/mol. The average molecular weight is 364 g/mol. The first-order valence-corrected chi connectivity index (χ1v) is 9.42. The molecule has 0 amide bonds. The molecule has 0 bridgehead atoms. The van der Waals surface area contributed by atoms with Gasteiger partial charge in [-0.1, -0.05) is 12.1 Å². The third-order valence-electron chi connectivity index (χ3n) is 4.72. The van der Waals surface area contributed by atoms with Gasteiger partial charge in [0.2, 0.25) is 5.95 Å². The predicted molar refractivity (Wildman–Crippen MR) is 112 cm³/mol. The third-order valence-corrected chi connectivity index (χ3v) is 4.72. The number of fused-ring (bicyclic) bond motifs is 1. The van der Waals surface area contributed by atoms with Crippen LogP contribution in [0.4, 0.5) is 11.6 Å². The quantitative estimate of drug-likeness (QED) is 0.764. The zero-order valence-electron chi connectivity index (χ0n) is 16.6. The molecule has 0 spiro atoms. The van der Waals surface area contributed by atoms with Crippen molar-refractivity contribution in [2.45, 2.75) is 39.2 Å². The Bertz CT molecular complexity index is 838. The first-order chi connectivity index (χ1) is 13.0. The van der Waals surface area contributed by atoms with Crippen LogP contribution in [0, 0.1) is 5.41 Å². The number of hydrogen-bond acceptors (Lipinski definition) is 6. The molecule has 6 heteroatoms. The maximum Gasteiger partial charge on any atom is 0.227 e. The van der Waals surface area contributed by atoms with Crippen LogP contribution in [0.15, 0.2) is 35.5 Å². The van der Waals surface area contributed by atoms with Gasteiger partial charge in [0.05, 0.1) is 11.6 Å². The topological polar surface area (TPSA) is 77.3 Å². The molecule has 3 rings (SSSR count). The van der Waals surface area contributed by atoms with Crippen LogP contribution in [-0.2, 0) is 13.0 Å². The first kappa shape index (κ1) is 19.2. The van der Waals surface area contributed by atoms with Gasteiger partial charge in [-0.3, -0.25) is 4.99 Å².